The van der Waals surface area contributed by atoms with E-state index < -0.39 is 0 Å². The van der Waals surface area contributed by atoms with Crippen molar-refractivity contribution in [3.05, 3.63) is 36.4 Å². The topological polar surface area (TPSA) is 38.1 Å². The normalized spacial score (nSPS) is 10.8. The summed E-state index contributed by atoms with van der Waals surface area (Å²) in [5, 5.41) is 3.34. The first-order chi connectivity index (χ1) is 9.33. The van der Waals surface area contributed by atoms with Crippen molar-refractivity contribution >= 4 is 11.8 Å². The maximum atomic E-state index is 5.77. The van der Waals surface area contributed by atoms with Crippen LogP contribution in [-0.2, 0) is 6.42 Å². The van der Waals surface area contributed by atoms with E-state index >= 15 is 0 Å². The van der Waals surface area contributed by atoms with E-state index in [1.54, 1.807) is 11.8 Å². The number of hydrogen-bond donors (Lipinski definition) is 1. The van der Waals surface area contributed by atoms with Gasteiger partial charge >= 0.3 is 0 Å². The lowest BCUT2D eigenvalue weighted by atomic mass is 10.2. The monoisotopic (exact) mass is 276 g/mol. The fourth-order valence-electron chi connectivity index (χ4n) is 1.81. The molecule has 2 aromatic rings. The zero-order chi connectivity index (χ0) is 13.5. The van der Waals surface area contributed by atoms with Crippen LogP contribution in [0.15, 0.2) is 39.8 Å². The van der Waals surface area contributed by atoms with Gasteiger partial charge in [-0.05, 0) is 31.4 Å². The summed E-state index contributed by atoms with van der Waals surface area (Å²) in [5.41, 5.74) is 1.08. The molecule has 0 fully saturated rings. The molecule has 1 N–H and O–H groups in total. The quantitative estimate of drug-likeness (QED) is 0.619. The second-order valence-corrected chi connectivity index (χ2v) is 5.23. The molecule has 0 saturated carbocycles. The van der Waals surface area contributed by atoms with E-state index in [9.17, 15) is 0 Å². The van der Waals surface area contributed by atoms with E-state index in [4.69, 9.17) is 4.42 Å². The number of nitrogens with one attached hydrogen (secondary N) is 1. The van der Waals surface area contributed by atoms with Crippen LogP contribution >= 0.6 is 11.8 Å². The Morgan fingerprint density at radius 2 is 2.00 bits per heavy atom. The van der Waals surface area contributed by atoms with Gasteiger partial charge in [0.25, 0.3) is 0 Å². The van der Waals surface area contributed by atoms with Crippen LogP contribution in [0.1, 0.15) is 19.2 Å². The molecule has 0 aliphatic carbocycles. The Bertz CT molecular complexity index is 493. The first-order valence-electron chi connectivity index (χ1n) is 6.63. The van der Waals surface area contributed by atoms with Crippen LogP contribution in [0.3, 0.4) is 0 Å². The average molecular weight is 276 g/mol. The van der Waals surface area contributed by atoms with E-state index in [0.29, 0.717) is 0 Å². The van der Waals surface area contributed by atoms with Gasteiger partial charge in [-0.3, -0.25) is 0 Å². The Hall–Kier alpha value is -1.26. The summed E-state index contributed by atoms with van der Waals surface area (Å²) in [5.74, 6) is 1.64. The van der Waals surface area contributed by atoms with E-state index in [1.807, 2.05) is 6.20 Å². The molecule has 1 aromatic heterocycles. The van der Waals surface area contributed by atoms with Crippen molar-refractivity contribution < 1.29 is 4.42 Å². The molecule has 0 aliphatic rings. The predicted molar refractivity (Wildman–Crippen MR) is 80.6 cm³/mol. The second kappa shape index (κ2) is 7.36. The number of rotatable bonds is 7. The second-order valence-electron chi connectivity index (χ2n) is 4.35. The van der Waals surface area contributed by atoms with Crippen molar-refractivity contribution in [1.82, 2.24) is 10.3 Å². The molecule has 0 bridgehead atoms. The van der Waals surface area contributed by atoms with Gasteiger partial charge in [-0.25, -0.2) is 4.98 Å². The van der Waals surface area contributed by atoms with E-state index in [0.717, 1.165) is 43.1 Å². The Kier molecular flexibility index (Phi) is 5.48. The third kappa shape index (κ3) is 4.11. The van der Waals surface area contributed by atoms with Gasteiger partial charge in [0.05, 0.1) is 6.20 Å². The molecular weight excluding hydrogens is 256 g/mol. The number of oxazole rings is 1. The Morgan fingerprint density at radius 1 is 1.21 bits per heavy atom. The molecule has 3 nitrogen and oxygen atoms in total. The summed E-state index contributed by atoms with van der Waals surface area (Å²) in [6.07, 6.45) is 5.87. The third-order valence-corrected chi connectivity index (χ3v) is 3.61. The van der Waals surface area contributed by atoms with E-state index in [2.05, 4.69) is 47.7 Å². The lowest BCUT2D eigenvalue weighted by Crippen LogP contribution is -2.17. The first kappa shape index (κ1) is 14.2. The maximum Gasteiger partial charge on any atom is 0.196 e. The zero-order valence-corrected chi connectivity index (χ0v) is 12.3. The van der Waals surface area contributed by atoms with Crippen LogP contribution in [0.25, 0.3) is 11.3 Å². The van der Waals surface area contributed by atoms with Gasteiger partial charge in [-0.15, -0.1) is 11.8 Å². The van der Waals surface area contributed by atoms with Crippen LogP contribution in [0.5, 0.6) is 0 Å². The van der Waals surface area contributed by atoms with E-state index in [-0.39, 0.29) is 0 Å². The molecule has 0 spiro atoms. The summed E-state index contributed by atoms with van der Waals surface area (Å²) in [6.45, 7) is 4.12. The Balaban J connectivity index is 1.95. The van der Waals surface area contributed by atoms with Crippen molar-refractivity contribution in [3.8, 4) is 11.3 Å². The molecule has 19 heavy (non-hydrogen) atoms. The molecule has 0 radical (unpaired) electrons. The number of nitrogens with zero attached hydrogens (tertiary/aromatic N) is 1. The van der Waals surface area contributed by atoms with Crippen LogP contribution in [-0.4, -0.2) is 24.3 Å². The fraction of sp³-hybridized carbons (Fsp3) is 0.400. The minimum atomic E-state index is 0.799. The summed E-state index contributed by atoms with van der Waals surface area (Å²) < 4.78 is 5.77. The number of hydrogen-bond acceptors (Lipinski definition) is 4. The Labute approximate surface area is 118 Å². The van der Waals surface area contributed by atoms with Crippen molar-refractivity contribution in [2.24, 2.45) is 0 Å². The molecule has 1 aromatic carbocycles. The van der Waals surface area contributed by atoms with Gasteiger partial charge in [-0.2, -0.15) is 0 Å². The van der Waals surface area contributed by atoms with Crippen LogP contribution in [0.2, 0.25) is 0 Å². The predicted octanol–water partition coefficient (Wildman–Crippen LogP) is 3.61. The number of benzene rings is 1. The highest BCUT2D eigenvalue weighted by molar-refractivity contribution is 7.98. The molecule has 102 valence electrons. The Morgan fingerprint density at radius 3 is 2.68 bits per heavy atom. The van der Waals surface area contributed by atoms with Gasteiger partial charge in [0.2, 0.25) is 0 Å². The van der Waals surface area contributed by atoms with Crippen LogP contribution in [0, 0.1) is 0 Å². The summed E-state index contributed by atoms with van der Waals surface area (Å²) in [6, 6.07) is 8.35. The molecule has 0 unspecified atom stereocenters. The van der Waals surface area contributed by atoms with Gasteiger partial charge in [0, 0.05) is 23.4 Å². The largest absolute Gasteiger partial charge is 0.441 e. The van der Waals surface area contributed by atoms with Gasteiger partial charge < -0.3 is 9.73 Å². The fourth-order valence-corrected chi connectivity index (χ4v) is 2.22. The smallest absolute Gasteiger partial charge is 0.196 e. The maximum absolute atomic E-state index is 5.77. The molecule has 0 atom stereocenters. The molecule has 0 amide bonds. The van der Waals surface area contributed by atoms with Crippen molar-refractivity contribution in [2.45, 2.75) is 24.7 Å². The van der Waals surface area contributed by atoms with Crippen LogP contribution < -0.4 is 5.32 Å². The molecular formula is C15H20N2OS. The van der Waals surface area contributed by atoms with Crippen molar-refractivity contribution in [2.75, 3.05) is 19.3 Å². The summed E-state index contributed by atoms with van der Waals surface area (Å²) in [4.78, 5) is 5.58. The molecule has 2 rings (SSSR count). The third-order valence-electron chi connectivity index (χ3n) is 2.87. The minimum Gasteiger partial charge on any atom is -0.441 e. The highest BCUT2D eigenvalue weighted by Crippen LogP contribution is 2.23. The van der Waals surface area contributed by atoms with Gasteiger partial charge in [-0.1, -0.05) is 19.1 Å². The van der Waals surface area contributed by atoms with Crippen LogP contribution in [0.4, 0.5) is 0 Å². The standard InChI is InChI=1S/C15H20N2OS/c1-3-9-16-10-8-15-17-11-14(18-15)12-4-6-13(19-2)7-5-12/h4-7,11,16H,3,8-10H2,1-2H3. The van der Waals surface area contributed by atoms with Crippen molar-refractivity contribution in [1.29, 1.82) is 0 Å². The first-order valence-corrected chi connectivity index (χ1v) is 7.85. The number of aromatic nitrogens is 1. The number of thioether (sulfide) groups is 1. The molecule has 4 heteroatoms. The molecule has 0 aliphatic heterocycles. The van der Waals surface area contributed by atoms with E-state index in [1.165, 1.54) is 4.90 Å². The van der Waals surface area contributed by atoms with Crippen molar-refractivity contribution in [3.63, 3.8) is 0 Å². The highest BCUT2D eigenvalue weighted by atomic mass is 32.2. The highest BCUT2D eigenvalue weighted by Gasteiger charge is 2.06. The lowest BCUT2D eigenvalue weighted by molar-refractivity contribution is 0.495. The molecule has 0 saturated heterocycles. The zero-order valence-electron chi connectivity index (χ0n) is 11.5. The average Bonchev–Trinajstić information content (AvgIpc) is 2.92. The SMILES string of the molecule is CCCNCCc1ncc(-c2ccc(SC)cc2)o1. The molecule has 1 heterocycles. The summed E-state index contributed by atoms with van der Waals surface area (Å²) >= 11 is 1.74. The lowest BCUT2D eigenvalue weighted by Gasteiger charge is -2.00. The summed E-state index contributed by atoms with van der Waals surface area (Å²) in [7, 11) is 0. The van der Waals surface area contributed by atoms with Gasteiger partial charge in [0.15, 0.2) is 11.7 Å². The van der Waals surface area contributed by atoms with Gasteiger partial charge in [0.1, 0.15) is 0 Å². The minimum absolute atomic E-state index is 0.799.